The molecule has 0 aromatic heterocycles. The molecule has 17 heavy (non-hydrogen) atoms. The predicted molar refractivity (Wildman–Crippen MR) is 74.3 cm³/mol. The summed E-state index contributed by atoms with van der Waals surface area (Å²) in [6.07, 6.45) is 0. The molecule has 0 unspecified atom stereocenters. The number of rotatable bonds is 6. The van der Waals surface area contributed by atoms with E-state index in [0.29, 0.717) is 0 Å². The topological polar surface area (TPSA) is 47.1 Å². The molecule has 0 amide bonds. The highest BCUT2D eigenvalue weighted by molar-refractivity contribution is 7.79. The van der Waals surface area contributed by atoms with Gasteiger partial charge in [-0.1, -0.05) is 0 Å². The van der Waals surface area contributed by atoms with E-state index in [1.54, 1.807) is 75.1 Å². The zero-order valence-corrected chi connectivity index (χ0v) is 13.9. The normalized spacial score (nSPS) is 14.4. The quantitative estimate of drug-likeness (QED) is 0.546. The van der Waals surface area contributed by atoms with Crippen LogP contribution >= 0.6 is 14.9 Å². The van der Waals surface area contributed by atoms with Gasteiger partial charge in [0.15, 0.2) is 0 Å². The van der Waals surface area contributed by atoms with Crippen molar-refractivity contribution in [2.24, 2.45) is 0 Å². The van der Waals surface area contributed by atoms with Crippen molar-refractivity contribution in [1.29, 1.82) is 0 Å². The number of nitrogens with zero attached hydrogens (tertiary/aromatic N) is 4. The molecule has 0 saturated carbocycles. The van der Waals surface area contributed by atoms with Gasteiger partial charge in [-0.25, -0.2) is 0 Å². The molecule has 0 aliphatic heterocycles. The second-order valence-corrected chi connectivity index (χ2v) is 11.2. The molecule has 0 radical (unpaired) electrons. The maximum Gasteiger partial charge on any atom is 0.0859 e. The van der Waals surface area contributed by atoms with Crippen LogP contribution in [0.15, 0.2) is 0 Å². The van der Waals surface area contributed by atoms with Crippen molar-refractivity contribution >= 4 is 14.9 Å². The van der Waals surface area contributed by atoms with Crippen molar-refractivity contribution < 1.29 is 9.13 Å². The summed E-state index contributed by atoms with van der Waals surface area (Å²) >= 11 is 0. The van der Waals surface area contributed by atoms with E-state index in [9.17, 15) is 9.13 Å². The number of hydrogen-bond acceptors (Lipinski definition) is 2. The second kappa shape index (κ2) is 5.96. The van der Waals surface area contributed by atoms with Gasteiger partial charge in [-0.2, -0.15) is 0 Å². The standard InChI is InChI=1S/C9H25N4O2P2/c1-10(2)16(14,11(3)4)9-17(15,12(5)6)13(7)8/h9H,1-8H3/q-1. The first-order chi connectivity index (χ1) is 7.48. The lowest BCUT2D eigenvalue weighted by atomic mass is 11.3. The van der Waals surface area contributed by atoms with Gasteiger partial charge in [0.05, 0.1) is 14.9 Å². The zero-order valence-electron chi connectivity index (χ0n) is 12.1. The Hall–Kier alpha value is 0.300. The van der Waals surface area contributed by atoms with Crippen LogP contribution in [0.1, 0.15) is 0 Å². The molecule has 104 valence electrons. The maximum absolute atomic E-state index is 12.8. The predicted octanol–water partition coefficient (Wildman–Crippen LogP) is 1.74. The Bertz CT molecular complexity index is 286. The first kappa shape index (κ1) is 17.3. The summed E-state index contributed by atoms with van der Waals surface area (Å²) in [6, 6.07) is 0. The molecule has 0 N–H and O–H groups in total. The maximum atomic E-state index is 12.8. The van der Waals surface area contributed by atoms with Gasteiger partial charge in [0.2, 0.25) is 0 Å². The third-order valence-electron chi connectivity index (χ3n) is 2.59. The Kier molecular flexibility index (Phi) is 6.07. The minimum atomic E-state index is -2.90. The molecule has 0 aliphatic carbocycles. The fourth-order valence-corrected chi connectivity index (χ4v) is 7.63. The monoisotopic (exact) mass is 283 g/mol. The molecule has 0 aliphatic rings. The Labute approximate surface area is 106 Å². The Morgan fingerprint density at radius 3 is 0.882 bits per heavy atom. The molecule has 0 rings (SSSR count). The van der Waals surface area contributed by atoms with E-state index in [1.807, 2.05) is 0 Å². The highest BCUT2D eigenvalue weighted by Crippen LogP contribution is 2.69. The smallest absolute Gasteiger partial charge is 0.0859 e. The van der Waals surface area contributed by atoms with E-state index in [2.05, 4.69) is 0 Å². The fourth-order valence-electron chi connectivity index (χ4n) is 1.32. The molecular weight excluding hydrogens is 258 g/mol. The molecule has 0 atom stereocenters. The summed E-state index contributed by atoms with van der Waals surface area (Å²) in [7, 11) is 8.04. The SMILES string of the molecule is CN(C)P(=O)([CH-]P(=O)(N(C)C)N(C)C)N(C)C. The van der Waals surface area contributed by atoms with Crippen LogP contribution in [-0.2, 0) is 9.13 Å². The average Bonchev–Trinajstić information content (AvgIpc) is 2.15. The van der Waals surface area contributed by atoms with Gasteiger partial charge in [0.1, 0.15) is 0 Å². The summed E-state index contributed by atoms with van der Waals surface area (Å²) in [5.74, 6) is 1.49. The largest absolute Gasteiger partial charge is 0.324 e. The minimum Gasteiger partial charge on any atom is -0.324 e. The molecular formula is C9H25N4O2P2-. The Morgan fingerprint density at radius 1 is 0.588 bits per heavy atom. The molecule has 0 aromatic carbocycles. The van der Waals surface area contributed by atoms with Crippen LogP contribution in [-0.4, -0.2) is 75.1 Å². The fraction of sp³-hybridized carbons (Fsp3) is 0.889. The van der Waals surface area contributed by atoms with Crippen molar-refractivity contribution in [3.05, 3.63) is 5.90 Å². The average molecular weight is 283 g/mol. The van der Waals surface area contributed by atoms with Gasteiger partial charge in [-0.05, 0) is 56.4 Å². The van der Waals surface area contributed by atoms with Crippen LogP contribution in [0.4, 0.5) is 0 Å². The van der Waals surface area contributed by atoms with Crippen LogP contribution in [0, 0.1) is 5.90 Å². The van der Waals surface area contributed by atoms with Gasteiger partial charge in [-0.3, -0.25) is 18.7 Å². The summed E-state index contributed by atoms with van der Waals surface area (Å²) < 4.78 is 32.1. The van der Waals surface area contributed by atoms with E-state index in [-0.39, 0.29) is 0 Å². The molecule has 6 nitrogen and oxygen atoms in total. The van der Waals surface area contributed by atoms with Crippen LogP contribution in [0.3, 0.4) is 0 Å². The van der Waals surface area contributed by atoms with Crippen molar-refractivity contribution in [3.8, 4) is 0 Å². The lowest BCUT2D eigenvalue weighted by Crippen LogP contribution is -2.27. The lowest BCUT2D eigenvalue weighted by molar-refractivity contribution is 0.441. The van der Waals surface area contributed by atoms with Crippen LogP contribution in [0.2, 0.25) is 0 Å². The van der Waals surface area contributed by atoms with E-state index in [1.165, 1.54) is 5.90 Å². The van der Waals surface area contributed by atoms with Gasteiger partial charge in [-0.15, -0.1) is 5.90 Å². The summed E-state index contributed by atoms with van der Waals surface area (Å²) in [5, 5.41) is 0. The molecule has 0 fully saturated rings. The third-order valence-corrected chi connectivity index (χ3v) is 9.59. The van der Waals surface area contributed by atoms with Crippen molar-refractivity contribution in [3.63, 3.8) is 0 Å². The van der Waals surface area contributed by atoms with Crippen LogP contribution < -0.4 is 0 Å². The molecule has 0 spiro atoms. The lowest BCUT2D eigenvalue weighted by Gasteiger charge is -2.46. The van der Waals surface area contributed by atoms with E-state index in [0.717, 1.165) is 0 Å². The van der Waals surface area contributed by atoms with E-state index in [4.69, 9.17) is 0 Å². The molecule has 0 heterocycles. The first-order valence-electron chi connectivity index (χ1n) is 5.26. The highest BCUT2D eigenvalue weighted by Gasteiger charge is 2.30. The summed E-state index contributed by atoms with van der Waals surface area (Å²) in [4.78, 5) is 0. The highest BCUT2D eigenvalue weighted by atomic mass is 31.2. The Morgan fingerprint density at radius 2 is 0.765 bits per heavy atom. The van der Waals surface area contributed by atoms with Gasteiger partial charge in [0, 0.05) is 0 Å². The molecule has 8 heteroatoms. The summed E-state index contributed by atoms with van der Waals surface area (Å²) in [6.45, 7) is 0. The zero-order chi connectivity index (χ0) is 14.0. The van der Waals surface area contributed by atoms with Crippen molar-refractivity contribution in [1.82, 2.24) is 18.7 Å². The Balaban J connectivity index is 5.39. The van der Waals surface area contributed by atoms with Crippen LogP contribution in [0.5, 0.6) is 0 Å². The van der Waals surface area contributed by atoms with E-state index >= 15 is 0 Å². The molecule has 0 aromatic rings. The van der Waals surface area contributed by atoms with Gasteiger partial charge < -0.3 is 9.13 Å². The van der Waals surface area contributed by atoms with E-state index < -0.39 is 14.9 Å². The third kappa shape index (κ3) is 3.63. The van der Waals surface area contributed by atoms with Crippen LogP contribution in [0.25, 0.3) is 0 Å². The van der Waals surface area contributed by atoms with Gasteiger partial charge in [0.25, 0.3) is 0 Å². The first-order valence-corrected chi connectivity index (χ1v) is 8.62. The summed E-state index contributed by atoms with van der Waals surface area (Å²) in [5.41, 5.74) is 0. The molecule has 0 bridgehead atoms. The van der Waals surface area contributed by atoms with Gasteiger partial charge >= 0.3 is 0 Å². The second-order valence-electron chi connectivity index (χ2n) is 4.68. The minimum absolute atomic E-state index is 1.49. The van der Waals surface area contributed by atoms with Crippen molar-refractivity contribution in [2.75, 3.05) is 56.4 Å². The molecule has 0 saturated heterocycles. The van der Waals surface area contributed by atoms with Crippen molar-refractivity contribution in [2.45, 2.75) is 0 Å². The number of hydrogen-bond donors (Lipinski definition) is 0.